The molecule has 0 fully saturated rings. The molecule has 0 nitrogen and oxygen atoms in total. The molecular formula is C34H46Cl2Hf. The van der Waals surface area contributed by atoms with Crippen LogP contribution >= 0.6 is 0 Å². The standard InChI is InChI=1S/C21H25.C11H17.C2H4.2ClH.Hf/c1-20(2,3)16-9-7-14-11-15-8-10-17(21(4,5)6)13-19(15)18(14)12-16;1-5-9-6-7-10(8-9)11(2,3)4;1-2;;;/h7,9-10,12-13H,11H2,1-6H3;6-8H,5H2,1-4H3;1-2H2;2*1H;/q2*-1;;;;+4/p-2. The molecular weight excluding hydrogens is 658 g/mol. The van der Waals surface area contributed by atoms with E-state index in [1.54, 1.807) is 0 Å². The van der Waals surface area contributed by atoms with E-state index in [9.17, 15) is 0 Å². The van der Waals surface area contributed by atoms with Crippen molar-refractivity contribution in [2.24, 2.45) is 0 Å². The molecule has 0 heterocycles. The van der Waals surface area contributed by atoms with E-state index in [0.717, 1.165) is 12.8 Å². The number of hydrogen-bond acceptors (Lipinski definition) is 0. The van der Waals surface area contributed by atoms with Crippen LogP contribution in [0.4, 0.5) is 0 Å². The SMILES string of the molecule is C=C.CC(C)(C)c1c[c-]c2c(c1)-c1cc(C(C)(C)C)ccc1C2.CCc1cc(C(C)(C)C)c[cH-]1.[Cl-].[Cl-].[Hf+4]. The Labute approximate surface area is 259 Å². The van der Waals surface area contributed by atoms with Crippen LogP contribution < -0.4 is 24.8 Å². The number of aryl methyl sites for hydroxylation is 1. The fourth-order valence-corrected chi connectivity index (χ4v) is 4.16. The molecule has 0 amide bonds. The average Bonchev–Trinajstić information content (AvgIpc) is 3.38. The van der Waals surface area contributed by atoms with Crippen LogP contribution in [0.3, 0.4) is 0 Å². The van der Waals surface area contributed by atoms with Crippen molar-refractivity contribution in [1.82, 2.24) is 0 Å². The number of rotatable bonds is 1. The summed E-state index contributed by atoms with van der Waals surface area (Å²) in [6.07, 6.45) is 2.18. The quantitative estimate of drug-likeness (QED) is 0.161. The van der Waals surface area contributed by atoms with Gasteiger partial charge in [0.1, 0.15) is 0 Å². The predicted molar refractivity (Wildman–Crippen MR) is 152 cm³/mol. The molecule has 0 radical (unpaired) electrons. The van der Waals surface area contributed by atoms with Crippen molar-refractivity contribution < 1.29 is 50.7 Å². The van der Waals surface area contributed by atoms with E-state index in [0.29, 0.717) is 5.41 Å². The Bertz CT molecular complexity index is 1040. The minimum atomic E-state index is 0. The largest absolute Gasteiger partial charge is 4.00 e. The van der Waals surface area contributed by atoms with Gasteiger partial charge < -0.3 is 24.8 Å². The number of halogens is 2. The van der Waals surface area contributed by atoms with E-state index in [4.69, 9.17) is 0 Å². The zero-order valence-corrected chi connectivity index (χ0v) is 29.8. The van der Waals surface area contributed by atoms with Gasteiger partial charge in [0.25, 0.3) is 0 Å². The van der Waals surface area contributed by atoms with Crippen molar-refractivity contribution >= 4 is 0 Å². The van der Waals surface area contributed by atoms with Gasteiger partial charge in [-0.2, -0.15) is 52.6 Å². The second-order valence-corrected chi connectivity index (χ2v) is 12.4. The first kappa shape index (κ1) is 38.1. The minimum absolute atomic E-state index is 0. The van der Waals surface area contributed by atoms with Crippen molar-refractivity contribution in [2.75, 3.05) is 0 Å². The molecule has 0 aromatic heterocycles. The maximum absolute atomic E-state index is 3.53. The zero-order chi connectivity index (χ0) is 25.9. The average molecular weight is 704 g/mol. The smallest absolute Gasteiger partial charge is 1.00 e. The van der Waals surface area contributed by atoms with Crippen molar-refractivity contribution in [3.63, 3.8) is 0 Å². The first-order valence-corrected chi connectivity index (χ1v) is 12.6. The summed E-state index contributed by atoms with van der Waals surface area (Å²) in [6.45, 7) is 28.6. The molecule has 0 bridgehead atoms. The van der Waals surface area contributed by atoms with Crippen LogP contribution in [0.2, 0.25) is 0 Å². The third kappa shape index (κ3) is 9.90. The molecule has 3 aromatic carbocycles. The fraction of sp³-hybridized carbons (Fsp3) is 0.441. The van der Waals surface area contributed by atoms with Gasteiger partial charge in [0, 0.05) is 0 Å². The van der Waals surface area contributed by atoms with E-state index in [2.05, 4.69) is 137 Å². The molecule has 1 aliphatic rings. The van der Waals surface area contributed by atoms with Gasteiger partial charge in [-0.1, -0.05) is 116 Å². The van der Waals surface area contributed by atoms with Gasteiger partial charge in [0.05, 0.1) is 0 Å². The molecule has 0 saturated heterocycles. The van der Waals surface area contributed by atoms with Crippen LogP contribution in [-0.4, -0.2) is 0 Å². The van der Waals surface area contributed by atoms with Crippen LogP contribution in [-0.2, 0) is 54.9 Å². The van der Waals surface area contributed by atoms with Gasteiger partial charge in [0.2, 0.25) is 0 Å². The molecule has 1 aliphatic carbocycles. The Kier molecular flexibility index (Phi) is 15.4. The maximum Gasteiger partial charge on any atom is 4.00 e. The first-order valence-electron chi connectivity index (χ1n) is 12.6. The van der Waals surface area contributed by atoms with E-state index in [-0.39, 0.29) is 61.5 Å². The summed E-state index contributed by atoms with van der Waals surface area (Å²) in [5.41, 5.74) is 12.0. The number of fused-ring (bicyclic) bond motifs is 3. The summed E-state index contributed by atoms with van der Waals surface area (Å²) in [5, 5.41) is 0. The molecule has 3 aromatic rings. The third-order valence-electron chi connectivity index (χ3n) is 6.62. The molecule has 200 valence electrons. The Morgan fingerprint density at radius 3 is 1.70 bits per heavy atom. The van der Waals surface area contributed by atoms with Gasteiger partial charge in [-0.05, 0) is 17.4 Å². The summed E-state index contributed by atoms with van der Waals surface area (Å²) in [5.74, 6) is 0. The molecule has 0 N–H and O–H groups in total. The molecule has 0 atom stereocenters. The number of benzene rings is 2. The van der Waals surface area contributed by atoms with Gasteiger partial charge >= 0.3 is 25.8 Å². The Hall–Kier alpha value is -1.02. The maximum atomic E-state index is 3.53. The molecule has 0 aliphatic heterocycles. The monoisotopic (exact) mass is 704 g/mol. The summed E-state index contributed by atoms with van der Waals surface area (Å²) in [6, 6.07) is 21.8. The Morgan fingerprint density at radius 2 is 1.27 bits per heavy atom. The summed E-state index contributed by atoms with van der Waals surface area (Å²) in [4.78, 5) is 0. The minimum Gasteiger partial charge on any atom is -1.00 e. The predicted octanol–water partition coefficient (Wildman–Crippen LogP) is 3.73. The fourth-order valence-electron chi connectivity index (χ4n) is 4.16. The molecule has 3 heteroatoms. The summed E-state index contributed by atoms with van der Waals surface area (Å²) in [7, 11) is 0. The van der Waals surface area contributed by atoms with Gasteiger partial charge in [-0.15, -0.1) is 18.7 Å². The normalized spacial score (nSPS) is 11.6. The Balaban J connectivity index is 0. The zero-order valence-electron chi connectivity index (χ0n) is 24.7. The van der Waals surface area contributed by atoms with Crippen LogP contribution in [0.5, 0.6) is 0 Å². The molecule has 0 saturated carbocycles. The molecule has 0 unspecified atom stereocenters. The van der Waals surface area contributed by atoms with E-state index in [1.165, 1.54) is 44.5 Å². The van der Waals surface area contributed by atoms with Crippen LogP contribution in [0, 0.1) is 6.07 Å². The Morgan fingerprint density at radius 1 is 0.757 bits per heavy atom. The van der Waals surface area contributed by atoms with Gasteiger partial charge in [0.15, 0.2) is 0 Å². The van der Waals surface area contributed by atoms with Crippen molar-refractivity contribution in [2.45, 2.75) is 98.3 Å². The van der Waals surface area contributed by atoms with Crippen molar-refractivity contribution in [1.29, 1.82) is 0 Å². The second-order valence-electron chi connectivity index (χ2n) is 12.4. The van der Waals surface area contributed by atoms with E-state index < -0.39 is 0 Å². The van der Waals surface area contributed by atoms with Crippen molar-refractivity contribution in [3.8, 4) is 11.1 Å². The number of hydrogen-bond donors (Lipinski definition) is 0. The van der Waals surface area contributed by atoms with Crippen LogP contribution in [0.1, 0.15) is 103 Å². The van der Waals surface area contributed by atoms with Crippen LogP contribution in [0.15, 0.2) is 61.7 Å². The topological polar surface area (TPSA) is 0 Å². The molecule has 0 spiro atoms. The van der Waals surface area contributed by atoms with Gasteiger partial charge in [-0.3, -0.25) is 0 Å². The third-order valence-corrected chi connectivity index (χ3v) is 6.62. The van der Waals surface area contributed by atoms with Crippen molar-refractivity contribution in [3.05, 3.63) is 101 Å². The first-order chi connectivity index (χ1) is 15.7. The van der Waals surface area contributed by atoms with E-state index >= 15 is 0 Å². The second kappa shape index (κ2) is 14.9. The van der Waals surface area contributed by atoms with Gasteiger partial charge in [-0.25, -0.2) is 6.07 Å². The van der Waals surface area contributed by atoms with Crippen LogP contribution in [0.25, 0.3) is 11.1 Å². The van der Waals surface area contributed by atoms with E-state index in [1.807, 2.05) is 0 Å². The molecule has 37 heavy (non-hydrogen) atoms. The summed E-state index contributed by atoms with van der Waals surface area (Å²) >= 11 is 0. The summed E-state index contributed by atoms with van der Waals surface area (Å²) < 4.78 is 0. The molecule has 4 rings (SSSR count).